The summed E-state index contributed by atoms with van der Waals surface area (Å²) >= 11 is 0. The lowest BCUT2D eigenvalue weighted by atomic mass is 10.3. The fourth-order valence-electron chi connectivity index (χ4n) is 1.39. The number of hydrogen-bond acceptors (Lipinski definition) is 3. The Morgan fingerprint density at radius 3 is 2.94 bits per heavy atom. The summed E-state index contributed by atoms with van der Waals surface area (Å²) in [6.07, 6.45) is 5.65. The van der Waals surface area contributed by atoms with Crippen LogP contribution in [0.1, 0.15) is 5.69 Å². The van der Waals surface area contributed by atoms with E-state index >= 15 is 0 Å². The van der Waals surface area contributed by atoms with Crippen LogP contribution in [0.5, 0.6) is 0 Å². The highest BCUT2D eigenvalue weighted by Crippen LogP contribution is 2.06. The Bertz CT molecular complexity index is 449. The summed E-state index contributed by atoms with van der Waals surface area (Å²) in [7, 11) is 1.90. The lowest BCUT2D eigenvalue weighted by Crippen LogP contribution is -2.10. The normalized spacial score (nSPS) is 10.6. The summed E-state index contributed by atoms with van der Waals surface area (Å²) in [5.41, 5.74) is 0.987. The molecular weight excluding hydrogens is 207 g/mol. The van der Waals surface area contributed by atoms with Crippen LogP contribution in [0.25, 0.3) is 5.82 Å². The lowest BCUT2D eigenvalue weighted by molar-refractivity contribution is 0.620. The second-order valence-electron chi connectivity index (χ2n) is 3.46. The van der Waals surface area contributed by atoms with Gasteiger partial charge in [-0.3, -0.25) is 4.57 Å². The molecule has 4 nitrogen and oxygen atoms in total. The van der Waals surface area contributed by atoms with Crippen LogP contribution in [0, 0.1) is 5.82 Å². The molecule has 2 heterocycles. The van der Waals surface area contributed by atoms with Gasteiger partial charge in [-0.2, -0.15) is 0 Å². The summed E-state index contributed by atoms with van der Waals surface area (Å²) in [5.74, 6) is 0.337. The molecule has 0 aliphatic carbocycles. The van der Waals surface area contributed by atoms with E-state index < -0.39 is 0 Å². The molecule has 0 aromatic carbocycles. The van der Waals surface area contributed by atoms with Crippen molar-refractivity contribution in [1.82, 2.24) is 19.9 Å². The van der Waals surface area contributed by atoms with Crippen molar-refractivity contribution >= 4 is 0 Å². The Kier molecular flexibility index (Phi) is 3.26. The Morgan fingerprint density at radius 1 is 1.38 bits per heavy atom. The number of aromatic nitrogens is 3. The number of halogens is 1. The average molecular weight is 220 g/mol. The standard InChI is InChI=1S/C11H13FN4/c1-13-5-4-10-7-16(8-15-10)11-3-2-9(12)6-14-11/h2-3,6-8,13H,4-5H2,1H3. The molecular formula is C11H13FN4. The van der Waals surface area contributed by atoms with Crippen LogP contribution < -0.4 is 5.32 Å². The zero-order valence-electron chi connectivity index (χ0n) is 9.02. The minimum Gasteiger partial charge on any atom is -0.319 e. The summed E-state index contributed by atoms with van der Waals surface area (Å²) in [6.45, 7) is 0.883. The zero-order chi connectivity index (χ0) is 11.4. The topological polar surface area (TPSA) is 42.7 Å². The van der Waals surface area contributed by atoms with E-state index in [1.54, 1.807) is 17.0 Å². The second kappa shape index (κ2) is 4.85. The molecule has 84 valence electrons. The molecule has 16 heavy (non-hydrogen) atoms. The molecule has 0 aliphatic rings. The third kappa shape index (κ3) is 2.43. The van der Waals surface area contributed by atoms with Gasteiger partial charge in [-0.1, -0.05) is 0 Å². The van der Waals surface area contributed by atoms with Gasteiger partial charge in [0, 0.05) is 19.2 Å². The number of nitrogens with one attached hydrogen (secondary N) is 1. The zero-order valence-corrected chi connectivity index (χ0v) is 9.02. The second-order valence-corrected chi connectivity index (χ2v) is 3.46. The molecule has 0 fully saturated rings. The van der Waals surface area contributed by atoms with Crippen LogP contribution in [-0.4, -0.2) is 28.1 Å². The molecule has 5 heteroatoms. The Hall–Kier alpha value is -1.75. The molecule has 2 rings (SSSR count). The first-order valence-corrected chi connectivity index (χ1v) is 5.09. The number of nitrogens with zero attached hydrogens (tertiary/aromatic N) is 3. The van der Waals surface area contributed by atoms with Crippen molar-refractivity contribution in [3.8, 4) is 5.82 Å². The van der Waals surface area contributed by atoms with Gasteiger partial charge in [0.05, 0.1) is 11.9 Å². The third-order valence-electron chi connectivity index (χ3n) is 2.24. The van der Waals surface area contributed by atoms with E-state index in [1.807, 2.05) is 13.2 Å². The van der Waals surface area contributed by atoms with Gasteiger partial charge < -0.3 is 5.32 Å². The van der Waals surface area contributed by atoms with Crippen LogP contribution in [-0.2, 0) is 6.42 Å². The molecule has 0 unspecified atom stereocenters. The van der Waals surface area contributed by atoms with Gasteiger partial charge in [0.2, 0.25) is 0 Å². The van der Waals surface area contributed by atoms with Crippen molar-refractivity contribution in [2.75, 3.05) is 13.6 Å². The third-order valence-corrected chi connectivity index (χ3v) is 2.24. The highest BCUT2D eigenvalue weighted by Gasteiger charge is 2.01. The number of likely N-dealkylation sites (N-methyl/N-ethyl adjacent to an activating group) is 1. The SMILES string of the molecule is CNCCc1cn(-c2ccc(F)cn2)cn1. The van der Waals surface area contributed by atoms with Crippen LogP contribution in [0.3, 0.4) is 0 Å². The largest absolute Gasteiger partial charge is 0.319 e. The minimum absolute atomic E-state index is 0.334. The average Bonchev–Trinajstić information content (AvgIpc) is 2.76. The highest BCUT2D eigenvalue weighted by atomic mass is 19.1. The van der Waals surface area contributed by atoms with E-state index in [0.717, 1.165) is 18.7 Å². The molecule has 0 aliphatic heterocycles. The Balaban J connectivity index is 2.15. The molecule has 2 aromatic heterocycles. The van der Waals surface area contributed by atoms with E-state index in [4.69, 9.17) is 0 Å². The summed E-state index contributed by atoms with van der Waals surface area (Å²) in [4.78, 5) is 8.22. The van der Waals surface area contributed by atoms with Gasteiger partial charge in [0.1, 0.15) is 18.0 Å². The van der Waals surface area contributed by atoms with Crippen molar-refractivity contribution in [3.05, 3.63) is 42.4 Å². The quantitative estimate of drug-likeness (QED) is 0.841. The maximum absolute atomic E-state index is 12.7. The number of rotatable bonds is 4. The van der Waals surface area contributed by atoms with E-state index in [-0.39, 0.29) is 5.82 Å². The minimum atomic E-state index is -0.334. The molecule has 0 spiro atoms. The smallest absolute Gasteiger partial charge is 0.141 e. The first-order valence-electron chi connectivity index (χ1n) is 5.09. The van der Waals surface area contributed by atoms with Gasteiger partial charge in [0.25, 0.3) is 0 Å². The van der Waals surface area contributed by atoms with Crippen molar-refractivity contribution < 1.29 is 4.39 Å². The van der Waals surface area contributed by atoms with Crippen LogP contribution in [0.4, 0.5) is 4.39 Å². The molecule has 0 amide bonds. The van der Waals surface area contributed by atoms with Gasteiger partial charge in [-0.25, -0.2) is 14.4 Å². The molecule has 0 bridgehead atoms. The van der Waals surface area contributed by atoms with Gasteiger partial charge in [-0.15, -0.1) is 0 Å². The first-order chi connectivity index (χ1) is 7.79. The maximum atomic E-state index is 12.7. The molecule has 0 radical (unpaired) electrons. The maximum Gasteiger partial charge on any atom is 0.141 e. The van der Waals surface area contributed by atoms with Crippen molar-refractivity contribution in [2.24, 2.45) is 0 Å². The van der Waals surface area contributed by atoms with Crippen molar-refractivity contribution in [1.29, 1.82) is 0 Å². The first kappa shape index (κ1) is 10.8. The van der Waals surface area contributed by atoms with E-state index in [2.05, 4.69) is 15.3 Å². The van der Waals surface area contributed by atoms with Crippen LogP contribution in [0.2, 0.25) is 0 Å². The van der Waals surface area contributed by atoms with Gasteiger partial charge in [0.15, 0.2) is 0 Å². The Labute approximate surface area is 93.2 Å². The summed E-state index contributed by atoms with van der Waals surface area (Å²) in [5, 5.41) is 3.06. The highest BCUT2D eigenvalue weighted by molar-refractivity contribution is 5.23. The number of pyridine rings is 1. The monoisotopic (exact) mass is 220 g/mol. The van der Waals surface area contributed by atoms with Crippen molar-refractivity contribution in [2.45, 2.75) is 6.42 Å². The van der Waals surface area contributed by atoms with E-state index in [0.29, 0.717) is 5.82 Å². The molecule has 0 atom stereocenters. The van der Waals surface area contributed by atoms with E-state index in [9.17, 15) is 4.39 Å². The summed E-state index contributed by atoms with van der Waals surface area (Å²) in [6, 6.07) is 3.01. The molecule has 0 saturated heterocycles. The van der Waals surface area contributed by atoms with Crippen LogP contribution in [0.15, 0.2) is 30.9 Å². The number of hydrogen-bond donors (Lipinski definition) is 1. The van der Waals surface area contributed by atoms with Crippen molar-refractivity contribution in [3.63, 3.8) is 0 Å². The molecule has 0 saturated carbocycles. The van der Waals surface area contributed by atoms with Crippen LogP contribution >= 0.6 is 0 Å². The summed E-state index contributed by atoms with van der Waals surface area (Å²) < 4.78 is 14.5. The number of imidazole rings is 1. The lowest BCUT2D eigenvalue weighted by Gasteiger charge is -1.99. The van der Waals surface area contributed by atoms with Gasteiger partial charge >= 0.3 is 0 Å². The predicted molar refractivity (Wildman–Crippen MR) is 58.9 cm³/mol. The fraction of sp³-hybridized carbons (Fsp3) is 0.273. The predicted octanol–water partition coefficient (Wildman–Crippen LogP) is 1.17. The Morgan fingerprint density at radius 2 is 2.25 bits per heavy atom. The fourth-order valence-corrected chi connectivity index (χ4v) is 1.39. The molecule has 2 aromatic rings. The molecule has 1 N–H and O–H groups in total. The van der Waals surface area contributed by atoms with Gasteiger partial charge in [-0.05, 0) is 19.2 Å². The van der Waals surface area contributed by atoms with E-state index in [1.165, 1.54) is 12.3 Å².